The highest BCUT2D eigenvalue weighted by molar-refractivity contribution is 5.94. The normalized spacial score (nSPS) is 24.5. The third kappa shape index (κ3) is 3.93. The fraction of sp³-hybridized carbons (Fsp3) is 0.440. The molecule has 0 aliphatic carbocycles. The summed E-state index contributed by atoms with van der Waals surface area (Å²) in [5, 5.41) is 7.85. The van der Waals surface area contributed by atoms with Crippen molar-refractivity contribution in [3.05, 3.63) is 60.0 Å². The highest BCUT2D eigenvalue weighted by Gasteiger charge is 2.42. The molecule has 1 unspecified atom stereocenters. The molecule has 3 aliphatic heterocycles. The van der Waals surface area contributed by atoms with Crippen LogP contribution in [0.3, 0.4) is 0 Å². The number of carbonyl (C=O) groups excluding carboxylic acids is 1. The molecule has 1 aromatic carbocycles. The van der Waals surface area contributed by atoms with E-state index in [0.717, 1.165) is 36.7 Å². The quantitative estimate of drug-likeness (QED) is 0.646. The molecule has 0 spiro atoms. The maximum atomic E-state index is 12.7. The van der Waals surface area contributed by atoms with Crippen LogP contribution in [-0.2, 0) is 7.05 Å². The van der Waals surface area contributed by atoms with E-state index in [0.29, 0.717) is 30.0 Å². The van der Waals surface area contributed by atoms with Gasteiger partial charge in [0.25, 0.3) is 5.91 Å². The zero-order chi connectivity index (χ0) is 22.2. The molecule has 4 atom stereocenters. The second-order valence-electron chi connectivity index (χ2n) is 9.25. The predicted molar refractivity (Wildman–Crippen MR) is 125 cm³/mol. The van der Waals surface area contributed by atoms with Crippen LogP contribution >= 0.6 is 0 Å². The maximum Gasteiger partial charge on any atom is 0.251 e. The molecule has 3 saturated heterocycles. The lowest BCUT2D eigenvalue weighted by atomic mass is 9.74. The van der Waals surface area contributed by atoms with Crippen LogP contribution < -0.4 is 10.2 Å². The fourth-order valence-corrected chi connectivity index (χ4v) is 5.28. The Morgan fingerprint density at radius 2 is 2.06 bits per heavy atom. The summed E-state index contributed by atoms with van der Waals surface area (Å²) in [7, 11) is 6.02. The van der Waals surface area contributed by atoms with Crippen molar-refractivity contribution in [2.24, 2.45) is 13.0 Å². The van der Waals surface area contributed by atoms with E-state index in [1.807, 2.05) is 67.1 Å². The van der Waals surface area contributed by atoms with Gasteiger partial charge in [-0.3, -0.25) is 14.4 Å². The number of benzene rings is 1. The number of rotatable bonds is 6. The number of nitrogens with zero attached hydrogens (tertiary/aromatic N) is 4. The van der Waals surface area contributed by atoms with Crippen LogP contribution in [0.1, 0.15) is 34.8 Å². The van der Waals surface area contributed by atoms with Gasteiger partial charge in [-0.05, 0) is 67.8 Å². The number of anilines is 1. The van der Waals surface area contributed by atoms with Crippen molar-refractivity contribution in [3.8, 4) is 11.5 Å². The summed E-state index contributed by atoms with van der Waals surface area (Å²) in [5.74, 6) is 1.90. The number of piperidine rings is 3. The summed E-state index contributed by atoms with van der Waals surface area (Å²) >= 11 is 0. The van der Waals surface area contributed by atoms with Crippen LogP contribution in [0.4, 0.5) is 5.69 Å². The molecule has 32 heavy (non-hydrogen) atoms. The van der Waals surface area contributed by atoms with E-state index >= 15 is 0 Å². The lowest BCUT2D eigenvalue weighted by Gasteiger charge is -2.50. The standard InChI is InChI=1S/C25H31N5O2/c1-28(2)19-8-6-17(7-9-19)25(31)26-15-20-13-18-10-11-30(20)16-21(18)23-14-22(27-29(23)3)24-5-4-12-32-24/h4-9,12,14,18,20-21H,10-11,13,15-16H2,1-3H3,(H,26,31)/t18-,20+,21+/m0/s1. The van der Waals surface area contributed by atoms with Crippen molar-refractivity contribution >= 4 is 11.6 Å². The Bertz CT molecular complexity index is 1070. The number of fused-ring (bicyclic) bond motifs is 3. The topological polar surface area (TPSA) is 66.5 Å². The van der Waals surface area contributed by atoms with Gasteiger partial charge in [0.2, 0.25) is 0 Å². The molecule has 6 rings (SSSR count). The van der Waals surface area contributed by atoms with Gasteiger partial charge >= 0.3 is 0 Å². The van der Waals surface area contributed by atoms with E-state index in [2.05, 4.69) is 21.4 Å². The molecule has 7 heteroatoms. The summed E-state index contributed by atoms with van der Waals surface area (Å²) in [6.45, 7) is 2.81. The molecule has 0 saturated carbocycles. The van der Waals surface area contributed by atoms with E-state index in [1.165, 1.54) is 12.1 Å². The number of furan rings is 1. The molecule has 2 aromatic heterocycles. The largest absolute Gasteiger partial charge is 0.463 e. The van der Waals surface area contributed by atoms with Gasteiger partial charge in [-0.15, -0.1) is 0 Å². The average molecular weight is 434 g/mol. The van der Waals surface area contributed by atoms with Gasteiger partial charge in [-0.1, -0.05) is 0 Å². The second-order valence-corrected chi connectivity index (χ2v) is 9.25. The lowest BCUT2D eigenvalue weighted by Crippen LogP contribution is -2.56. The molecule has 0 radical (unpaired) electrons. The van der Waals surface area contributed by atoms with Gasteiger partial charge in [-0.2, -0.15) is 5.10 Å². The van der Waals surface area contributed by atoms with Crippen molar-refractivity contribution in [2.75, 3.05) is 38.6 Å². The van der Waals surface area contributed by atoms with E-state index < -0.39 is 0 Å². The number of hydrogen-bond acceptors (Lipinski definition) is 5. The molecule has 168 valence electrons. The van der Waals surface area contributed by atoms with Gasteiger partial charge in [0.15, 0.2) is 5.76 Å². The summed E-state index contributed by atoms with van der Waals surface area (Å²) in [5.41, 5.74) is 3.97. The highest BCUT2D eigenvalue weighted by atomic mass is 16.3. The van der Waals surface area contributed by atoms with Gasteiger partial charge < -0.3 is 14.6 Å². The number of aryl methyl sites for hydroxylation is 1. The van der Waals surface area contributed by atoms with E-state index in [1.54, 1.807) is 6.26 Å². The van der Waals surface area contributed by atoms with Crippen molar-refractivity contribution in [2.45, 2.75) is 24.8 Å². The summed E-state index contributed by atoms with van der Waals surface area (Å²) in [6.07, 6.45) is 3.99. The van der Waals surface area contributed by atoms with Crippen LogP contribution in [0.2, 0.25) is 0 Å². The molecule has 1 amide bonds. The van der Waals surface area contributed by atoms with E-state index in [9.17, 15) is 4.79 Å². The van der Waals surface area contributed by atoms with E-state index in [-0.39, 0.29) is 5.91 Å². The molecule has 1 N–H and O–H groups in total. The van der Waals surface area contributed by atoms with Crippen molar-refractivity contribution in [3.63, 3.8) is 0 Å². The summed E-state index contributed by atoms with van der Waals surface area (Å²) < 4.78 is 7.55. The van der Waals surface area contributed by atoms with Crippen molar-refractivity contribution < 1.29 is 9.21 Å². The molecule has 3 fully saturated rings. The Hall–Kier alpha value is -3.06. The first-order valence-corrected chi connectivity index (χ1v) is 11.4. The van der Waals surface area contributed by atoms with Crippen LogP contribution in [0.25, 0.3) is 11.5 Å². The SMILES string of the molecule is CN(C)c1ccc(C(=O)NC[C@H]2C[C@@H]3CCN2C[C@H]3c2cc(-c3ccco3)nn2C)cc1. The van der Waals surface area contributed by atoms with Crippen molar-refractivity contribution in [1.82, 2.24) is 20.0 Å². The van der Waals surface area contributed by atoms with Crippen LogP contribution in [-0.4, -0.2) is 60.4 Å². The van der Waals surface area contributed by atoms with Crippen molar-refractivity contribution in [1.29, 1.82) is 0 Å². The first-order valence-electron chi connectivity index (χ1n) is 11.4. The Morgan fingerprint density at radius 1 is 1.25 bits per heavy atom. The lowest BCUT2D eigenvalue weighted by molar-refractivity contribution is 0.0280. The molecule has 3 aromatic rings. The average Bonchev–Trinajstić information content (AvgIpc) is 3.48. The Labute approximate surface area is 189 Å². The predicted octanol–water partition coefficient (Wildman–Crippen LogP) is 3.35. The summed E-state index contributed by atoms with van der Waals surface area (Å²) in [4.78, 5) is 17.2. The Balaban J connectivity index is 1.22. The van der Waals surface area contributed by atoms with Gasteiger partial charge in [0.1, 0.15) is 5.69 Å². The monoisotopic (exact) mass is 433 g/mol. The van der Waals surface area contributed by atoms with Gasteiger partial charge in [-0.25, -0.2) is 0 Å². The minimum atomic E-state index is 0.00391. The van der Waals surface area contributed by atoms with Gasteiger partial charge in [0, 0.05) is 63.1 Å². The highest BCUT2D eigenvalue weighted by Crippen LogP contribution is 2.42. The first kappa shape index (κ1) is 20.8. The zero-order valence-corrected chi connectivity index (χ0v) is 19.0. The molecule has 5 heterocycles. The molecule has 3 aliphatic rings. The minimum Gasteiger partial charge on any atom is -0.463 e. The smallest absolute Gasteiger partial charge is 0.251 e. The molecule has 2 bridgehead atoms. The van der Waals surface area contributed by atoms with Crippen LogP contribution in [0.5, 0.6) is 0 Å². The maximum absolute atomic E-state index is 12.7. The number of carbonyl (C=O) groups is 1. The second kappa shape index (κ2) is 8.47. The summed E-state index contributed by atoms with van der Waals surface area (Å²) in [6, 6.07) is 14.2. The number of aromatic nitrogens is 2. The molecular weight excluding hydrogens is 402 g/mol. The Morgan fingerprint density at radius 3 is 2.72 bits per heavy atom. The molecular formula is C25H31N5O2. The minimum absolute atomic E-state index is 0.00391. The zero-order valence-electron chi connectivity index (χ0n) is 19.0. The number of hydrogen-bond donors (Lipinski definition) is 1. The third-order valence-corrected chi connectivity index (χ3v) is 7.09. The molecule has 7 nitrogen and oxygen atoms in total. The van der Waals surface area contributed by atoms with E-state index in [4.69, 9.17) is 4.42 Å². The van der Waals surface area contributed by atoms with Crippen LogP contribution in [0, 0.1) is 5.92 Å². The van der Waals surface area contributed by atoms with Crippen LogP contribution in [0.15, 0.2) is 53.1 Å². The third-order valence-electron chi connectivity index (χ3n) is 7.09. The number of nitrogens with one attached hydrogen (secondary N) is 1. The Kier molecular flexibility index (Phi) is 5.51. The first-order chi connectivity index (χ1) is 15.5. The number of amides is 1. The van der Waals surface area contributed by atoms with Gasteiger partial charge in [0.05, 0.1) is 6.26 Å². The fourth-order valence-electron chi connectivity index (χ4n) is 5.28.